The van der Waals surface area contributed by atoms with Gasteiger partial charge in [0.25, 0.3) is 5.91 Å². The molecule has 1 amide bonds. The van der Waals surface area contributed by atoms with Gasteiger partial charge in [0.1, 0.15) is 0 Å². The van der Waals surface area contributed by atoms with Crippen molar-refractivity contribution in [1.29, 1.82) is 0 Å². The number of amides is 1. The molecule has 0 radical (unpaired) electrons. The number of halogens is 4. The lowest BCUT2D eigenvalue weighted by atomic mass is 10.2. The van der Waals surface area contributed by atoms with Gasteiger partial charge < -0.3 is 9.47 Å². The average molecular weight is 512 g/mol. The van der Waals surface area contributed by atoms with Gasteiger partial charge >= 0.3 is 5.97 Å². The standard InChI is InChI=1S/C22H14Cl4N2O4/c1-31-20-8-12(11-27-28-21(29)13-3-5-15(23)17(25)9-13)2-7-19(20)32-22(30)14-4-6-16(24)18(26)10-14/h2-11H,1H3,(H,28,29)/b27-11+. The fourth-order valence-corrected chi connectivity index (χ4v) is 3.09. The topological polar surface area (TPSA) is 77.0 Å². The number of methoxy groups -OCH3 is 1. The van der Waals surface area contributed by atoms with Crippen molar-refractivity contribution < 1.29 is 19.1 Å². The molecule has 10 heteroatoms. The number of benzene rings is 3. The van der Waals surface area contributed by atoms with Gasteiger partial charge in [0.2, 0.25) is 0 Å². The Bertz CT molecular complexity index is 1210. The predicted octanol–water partition coefficient (Wildman–Crippen LogP) is 6.29. The van der Waals surface area contributed by atoms with E-state index in [1.54, 1.807) is 12.1 Å². The Morgan fingerprint density at radius 1 is 0.812 bits per heavy atom. The first-order valence-corrected chi connectivity index (χ1v) is 10.4. The second-order valence-electron chi connectivity index (χ2n) is 6.26. The van der Waals surface area contributed by atoms with Crippen LogP contribution < -0.4 is 14.9 Å². The van der Waals surface area contributed by atoms with Gasteiger partial charge in [0, 0.05) is 5.56 Å². The van der Waals surface area contributed by atoms with Gasteiger partial charge in [-0.1, -0.05) is 46.4 Å². The minimum atomic E-state index is -0.628. The van der Waals surface area contributed by atoms with Crippen LogP contribution in [-0.2, 0) is 0 Å². The highest BCUT2D eigenvalue weighted by molar-refractivity contribution is 6.42. The van der Waals surface area contributed by atoms with E-state index in [4.69, 9.17) is 55.9 Å². The molecule has 0 saturated heterocycles. The van der Waals surface area contributed by atoms with E-state index in [2.05, 4.69) is 10.5 Å². The second-order valence-corrected chi connectivity index (χ2v) is 7.89. The summed E-state index contributed by atoms with van der Waals surface area (Å²) in [6.07, 6.45) is 1.41. The van der Waals surface area contributed by atoms with Crippen LogP contribution in [0.3, 0.4) is 0 Å². The van der Waals surface area contributed by atoms with Crippen LogP contribution in [0.15, 0.2) is 59.7 Å². The molecule has 32 heavy (non-hydrogen) atoms. The average Bonchev–Trinajstić information content (AvgIpc) is 2.78. The maximum atomic E-state index is 12.4. The summed E-state index contributed by atoms with van der Waals surface area (Å²) in [5, 5.41) is 5.09. The van der Waals surface area contributed by atoms with Crippen molar-refractivity contribution in [2.75, 3.05) is 7.11 Å². The maximum absolute atomic E-state index is 12.4. The van der Waals surface area contributed by atoms with Crippen LogP contribution in [0.5, 0.6) is 11.5 Å². The first-order valence-electron chi connectivity index (χ1n) is 8.92. The molecule has 0 aliphatic heterocycles. The molecule has 0 atom stereocenters. The fraction of sp³-hybridized carbons (Fsp3) is 0.0455. The lowest BCUT2D eigenvalue weighted by molar-refractivity contribution is 0.0729. The zero-order valence-electron chi connectivity index (χ0n) is 16.4. The molecular formula is C22H14Cl4N2O4. The Hall–Kier alpha value is -2.77. The van der Waals surface area contributed by atoms with Crippen LogP contribution in [-0.4, -0.2) is 25.2 Å². The van der Waals surface area contributed by atoms with E-state index >= 15 is 0 Å². The Morgan fingerprint density at radius 2 is 1.44 bits per heavy atom. The molecule has 164 valence electrons. The Labute approximate surface area is 203 Å². The number of nitrogens with one attached hydrogen (secondary N) is 1. The van der Waals surface area contributed by atoms with Gasteiger partial charge in [-0.05, 0) is 60.2 Å². The fourth-order valence-electron chi connectivity index (χ4n) is 2.50. The number of ether oxygens (including phenoxy) is 2. The number of nitrogens with zero attached hydrogens (tertiary/aromatic N) is 1. The van der Waals surface area contributed by atoms with E-state index in [-0.39, 0.29) is 27.1 Å². The summed E-state index contributed by atoms with van der Waals surface area (Å²) in [6, 6.07) is 13.7. The molecule has 0 bridgehead atoms. The van der Waals surface area contributed by atoms with Crippen molar-refractivity contribution in [2.24, 2.45) is 5.10 Å². The number of rotatable bonds is 6. The van der Waals surface area contributed by atoms with Crippen molar-refractivity contribution in [1.82, 2.24) is 5.43 Å². The van der Waals surface area contributed by atoms with Crippen molar-refractivity contribution in [3.8, 4) is 11.5 Å². The largest absolute Gasteiger partial charge is 0.493 e. The van der Waals surface area contributed by atoms with Crippen molar-refractivity contribution in [3.05, 3.63) is 91.4 Å². The molecule has 0 saturated carbocycles. The summed E-state index contributed by atoms with van der Waals surface area (Å²) in [7, 11) is 1.43. The third kappa shape index (κ3) is 5.93. The molecule has 0 fully saturated rings. The van der Waals surface area contributed by atoms with Crippen LogP contribution in [0, 0.1) is 0 Å². The first kappa shape index (κ1) is 23.9. The Kier molecular flexibility index (Phi) is 7.99. The van der Waals surface area contributed by atoms with Crippen LogP contribution in [0.4, 0.5) is 0 Å². The number of hydrogen-bond acceptors (Lipinski definition) is 5. The molecule has 3 aromatic rings. The third-order valence-electron chi connectivity index (χ3n) is 4.11. The number of hydrazone groups is 1. The Morgan fingerprint density at radius 3 is 2.06 bits per heavy atom. The number of carbonyl (C=O) groups excluding carboxylic acids is 2. The van der Waals surface area contributed by atoms with E-state index in [0.29, 0.717) is 21.2 Å². The molecule has 0 aliphatic rings. The maximum Gasteiger partial charge on any atom is 0.343 e. The van der Waals surface area contributed by atoms with Crippen LogP contribution >= 0.6 is 46.4 Å². The summed E-state index contributed by atoms with van der Waals surface area (Å²) < 4.78 is 10.7. The molecule has 0 spiro atoms. The van der Waals surface area contributed by atoms with Gasteiger partial charge in [-0.3, -0.25) is 4.79 Å². The second kappa shape index (κ2) is 10.7. The highest BCUT2D eigenvalue weighted by Crippen LogP contribution is 2.29. The molecule has 3 rings (SSSR count). The van der Waals surface area contributed by atoms with Crippen LogP contribution in [0.25, 0.3) is 0 Å². The highest BCUT2D eigenvalue weighted by atomic mass is 35.5. The Balaban J connectivity index is 1.69. The van der Waals surface area contributed by atoms with Gasteiger partial charge in [-0.25, -0.2) is 10.2 Å². The van der Waals surface area contributed by atoms with E-state index in [0.717, 1.165) is 0 Å². The van der Waals surface area contributed by atoms with Crippen LogP contribution in [0.2, 0.25) is 20.1 Å². The summed E-state index contributed by atoms with van der Waals surface area (Å²) in [5.41, 5.74) is 3.52. The predicted molar refractivity (Wildman–Crippen MR) is 126 cm³/mol. The number of carbonyl (C=O) groups is 2. The molecule has 1 N–H and O–H groups in total. The highest BCUT2D eigenvalue weighted by Gasteiger charge is 2.14. The van der Waals surface area contributed by atoms with Gasteiger partial charge in [-0.15, -0.1) is 0 Å². The van der Waals surface area contributed by atoms with Crippen molar-refractivity contribution in [3.63, 3.8) is 0 Å². The SMILES string of the molecule is COc1cc(/C=N/NC(=O)c2ccc(Cl)c(Cl)c2)ccc1OC(=O)c1ccc(Cl)c(Cl)c1. The van der Waals surface area contributed by atoms with E-state index in [1.807, 2.05) is 0 Å². The molecule has 0 aliphatic carbocycles. The van der Waals surface area contributed by atoms with E-state index in [1.165, 1.54) is 55.8 Å². The monoisotopic (exact) mass is 510 g/mol. The van der Waals surface area contributed by atoms with E-state index in [9.17, 15) is 9.59 Å². The molecule has 0 unspecified atom stereocenters. The van der Waals surface area contributed by atoms with Crippen molar-refractivity contribution in [2.45, 2.75) is 0 Å². The van der Waals surface area contributed by atoms with Gasteiger partial charge in [0.15, 0.2) is 11.5 Å². The number of esters is 1. The molecule has 3 aromatic carbocycles. The minimum absolute atomic E-state index is 0.195. The molecule has 0 aromatic heterocycles. The quantitative estimate of drug-likeness (QED) is 0.182. The molecular weight excluding hydrogens is 498 g/mol. The summed E-state index contributed by atoms with van der Waals surface area (Å²) in [5.74, 6) is -0.602. The lowest BCUT2D eigenvalue weighted by Gasteiger charge is -2.10. The smallest absolute Gasteiger partial charge is 0.343 e. The summed E-state index contributed by atoms with van der Waals surface area (Å²) in [4.78, 5) is 24.5. The zero-order chi connectivity index (χ0) is 23.3. The van der Waals surface area contributed by atoms with Crippen LogP contribution in [0.1, 0.15) is 26.3 Å². The molecule has 6 nitrogen and oxygen atoms in total. The van der Waals surface area contributed by atoms with E-state index < -0.39 is 11.9 Å². The summed E-state index contributed by atoms with van der Waals surface area (Å²) in [6.45, 7) is 0. The normalized spacial score (nSPS) is 10.8. The lowest BCUT2D eigenvalue weighted by Crippen LogP contribution is -2.17. The number of hydrogen-bond donors (Lipinski definition) is 1. The van der Waals surface area contributed by atoms with Gasteiger partial charge in [0.05, 0.1) is 39.0 Å². The third-order valence-corrected chi connectivity index (χ3v) is 5.59. The van der Waals surface area contributed by atoms with Crippen molar-refractivity contribution >= 4 is 64.5 Å². The molecule has 0 heterocycles. The van der Waals surface area contributed by atoms with Gasteiger partial charge in [-0.2, -0.15) is 5.10 Å². The minimum Gasteiger partial charge on any atom is -0.493 e. The first-order chi connectivity index (χ1) is 15.3. The summed E-state index contributed by atoms with van der Waals surface area (Å²) >= 11 is 23.6. The zero-order valence-corrected chi connectivity index (χ0v) is 19.4.